The molecule has 1 fully saturated rings. The molecule has 0 saturated heterocycles. The maximum atomic E-state index is 5.13. The van der Waals surface area contributed by atoms with Crippen LogP contribution in [-0.4, -0.2) is 12.3 Å². The van der Waals surface area contributed by atoms with Crippen LogP contribution < -0.4 is 0 Å². The van der Waals surface area contributed by atoms with Gasteiger partial charge in [0.2, 0.25) is 0 Å². The summed E-state index contributed by atoms with van der Waals surface area (Å²) >= 11 is 1.83. The number of rotatable bonds is 1. The van der Waals surface area contributed by atoms with Crippen molar-refractivity contribution in [1.82, 2.24) is 0 Å². The van der Waals surface area contributed by atoms with Gasteiger partial charge in [-0.2, -0.15) is 0 Å². The molecule has 2 aliphatic rings. The molecule has 0 radical (unpaired) electrons. The first-order valence-electron chi connectivity index (χ1n) is 4.68. The van der Waals surface area contributed by atoms with Crippen molar-refractivity contribution >= 4 is 17.0 Å². The molecule has 0 aromatic carbocycles. The van der Waals surface area contributed by atoms with Gasteiger partial charge in [-0.25, -0.2) is 0 Å². The van der Waals surface area contributed by atoms with E-state index in [1.165, 1.54) is 23.4 Å². The average molecular weight is 193 g/mol. The minimum atomic E-state index is 0.562. The Bertz CT molecular complexity index is 331. The number of nitrogens with zero attached hydrogens (tertiary/aromatic N) is 1. The van der Waals surface area contributed by atoms with Crippen LogP contribution in [0.25, 0.3) is 0 Å². The molecule has 2 atom stereocenters. The highest BCUT2D eigenvalue weighted by atomic mass is 32.1. The highest BCUT2D eigenvalue weighted by molar-refractivity contribution is 7.10. The van der Waals surface area contributed by atoms with Crippen LogP contribution in [0.3, 0.4) is 0 Å². The third kappa shape index (κ3) is 1.10. The molecular weight excluding hydrogens is 182 g/mol. The van der Waals surface area contributed by atoms with Crippen LogP contribution in [-0.2, 0) is 4.84 Å². The summed E-state index contributed by atoms with van der Waals surface area (Å²) in [7, 11) is 0. The Morgan fingerprint density at radius 3 is 3.31 bits per heavy atom. The zero-order chi connectivity index (χ0) is 8.67. The smallest absolute Gasteiger partial charge is 0.125 e. The van der Waals surface area contributed by atoms with Gasteiger partial charge in [0, 0.05) is 16.7 Å². The number of thiophene rings is 1. The van der Waals surface area contributed by atoms with Gasteiger partial charge < -0.3 is 4.84 Å². The molecule has 2 heterocycles. The molecule has 68 valence electrons. The Morgan fingerprint density at radius 1 is 1.46 bits per heavy atom. The molecule has 0 amide bonds. The molecule has 1 aliphatic carbocycles. The zero-order valence-corrected chi connectivity index (χ0v) is 8.09. The second-order valence-corrected chi connectivity index (χ2v) is 4.63. The van der Waals surface area contributed by atoms with Gasteiger partial charge in [-0.15, -0.1) is 11.3 Å². The number of fused-ring (bicyclic) bond motifs is 1. The Kier molecular flexibility index (Phi) is 1.65. The van der Waals surface area contributed by atoms with Crippen LogP contribution in [0.1, 0.15) is 23.6 Å². The maximum Gasteiger partial charge on any atom is 0.125 e. The Labute approximate surface area is 81.2 Å². The van der Waals surface area contributed by atoms with E-state index in [2.05, 4.69) is 22.7 Å². The minimum Gasteiger partial charge on any atom is -0.395 e. The monoisotopic (exact) mass is 193 g/mol. The highest BCUT2D eigenvalue weighted by Gasteiger charge is 2.37. The first-order valence-corrected chi connectivity index (χ1v) is 5.56. The van der Waals surface area contributed by atoms with Crippen LogP contribution in [0, 0.1) is 5.92 Å². The first-order chi connectivity index (χ1) is 6.45. The second kappa shape index (κ2) is 2.84. The van der Waals surface area contributed by atoms with Gasteiger partial charge in [0.05, 0.1) is 5.71 Å². The zero-order valence-electron chi connectivity index (χ0n) is 7.27. The first kappa shape index (κ1) is 7.56. The molecule has 3 rings (SSSR count). The van der Waals surface area contributed by atoms with Gasteiger partial charge in [0.15, 0.2) is 0 Å². The third-order valence-electron chi connectivity index (χ3n) is 2.91. The van der Waals surface area contributed by atoms with E-state index >= 15 is 0 Å². The van der Waals surface area contributed by atoms with Crippen LogP contribution in [0.2, 0.25) is 0 Å². The number of hydrogen-bond acceptors (Lipinski definition) is 3. The van der Waals surface area contributed by atoms with Gasteiger partial charge in [-0.05, 0) is 24.3 Å². The van der Waals surface area contributed by atoms with E-state index in [-0.39, 0.29) is 0 Å². The molecule has 0 unspecified atom stereocenters. The highest BCUT2D eigenvalue weighted by Crippen LogP contribution is 2.40. The van der Waals surface area contributed by atoms with Crippen molar-refractivity contribution in [2.45, 2.75) is 18.8 Å². The van der Waals surface area contributed by atoms with Crippen molar-refractivity contribution in [3.63, 3.8) is 0 Å². The van der Waals surface area contributed by atoms with E-state index in [4.69, 9.17) is 4.84 Å². The van der Waals surface area contributed by atoms with Crippen LogP contribution in [0.15, 0.2) is 22.7 Å². The normalized spacial score (nSPS) is 31.2. The summed E-state index contributed by atoms with van der Waals surface area (Å²) < 4.78 is 0. The fourth-order valence-electron chi connectivity index (χ4n) is 2.23. The summed E-state index contributed by atoms with van der Waals surface area (Å²) in [4.78, 5) is 6.58. The standard InChI is InChI=1S/C10H11NOS/c1-2-9(13-5-1)8-4-3-7-6-12-11-10(7)8/h1-2,5,7-8H,3-4,6H2/t7-,8-/m0/s1. The summed E-state index contributed by atoms with van der Waals surface area (Å²) in [6.07, 6.45) is 2.51. The maximum absolute atomic E-state index is 5.13. The molecule has 0 spiro atoms. The quantitative estimate of drug-likeness (QED) is 0.672. The van der Waals surface area contributed by atoms with Gasteiger partial charge in [0.25, 0.3) is 0 Å². The van der Waals surface area contributed by atoms with Crippen LogP contribution >= 0.6 is 11.3 Å². The van der Waals surface area contributed by atoms with Gasteiger partial charge >= 0.3 is 0 Å². The SMILES string of the molecule is c1csc([C@@H]2CC[C@H]3CON=C32)c1. The summed E-state index contributed by atoms with van der Waals surface area (Å²) in [5, 5.41) is 6.30. The van der Waals surface area contributed by atoms with Crippen molar-refractivity contribution < 1.29 is 4.84 Å². The molecule has 1 aliphatic heterocycles. The predicted octanol–water partition coefficient (Wildman–Crippen LogP) is 2.63. The summed E-state index contributed by atoms with van der Waals surface area (Å²) in [6, 6.07) is 4.32. The Balaban J connectivity index is 1.94. The molecule has 0 N–H and O–H groups in total. The molecule has 1 saturated carbocycles. The fraction of sp³-hybridized carbons (Fsp3) is 0.500. The molecular formula is C10H11NOS. The van der Waals surface area contributed by atoms with Crippen molar-refractivity contribution in [3.8, 4) is 0 Å². The molecule has 1 aromatic heterocycles. The summed E-state index contributed by atoms with van der Waals surface area (Å²) in [6.45, 7) is 0.817. The van der Waals surface area contributed by atoms with E-state index in [1.807, 2.05) is 11.3 Å². The Morgan fingerprint density at radius 2 is 2.46 bits per heavy atom. The van der Waals surface area contributed by atoms with Crippen LogP contribution in [0.5, 0.6) is 0 Å². The minimum absolute atomic E-state index is 0.562. The number of hydrogen-bond donors (Lipinski definition) is 0. The molecule has 13 heavy (non-hydrogen) atoms. The van der Waals surface area contributed by atoms with Crippen molar-refractivity contribution in [3.05, 3.63) is 22.4 Å². The topological polar surface area (TPSA) is 21.6 Å². The molecule has 1 aromatic rings. The molecule has 0 bridgehead atoms. The van der Waals surface area contributed by atoms with E-state index in [1.54, 1.807) is 0 Å². The van der Waals surface area contributed by atoms with Gasteiger partial charge in [-0.1, -0.05) is 11.2 Å². The Hall–Kier alpha value is -0.830. The fourth-order valence-corrected chi connectivity index (χ4v) is 3.11. The van der Waals surface area contributed by atoms with E-state index < -0.39 is 0 Å². The van der Waals surface area contributed by atoms with E-state index in [0.717, 1.165) is 6.61 Å². The van der Waals surface area contributed by atoms with Crippen molar-refractivity contribution in [2.24, 2.45) is 11.1 Å². The van der Waals surface area contributed by atoms with E-state index in [9.17, 15) is 0 Å². The lowest BCUT2D eigenvalue weighted by Crippen LogP contribution is -2.09. The lowest BCUT2D eigenvalue weighted by atomic mass is 10.0. The van der Waals surface area contributed by atoms with E-state index in [0.29, 0.717) is 11.8 Å². The third-order valence-corrected chi connectivity index (χ3v) is 3.90. The second-order valence-electron chi connectivity index (χ2n) is 3.65. The largest absolute Gasteiger partial charge is 0.395 e. The lowest BCUT2D eigenvalue weighted by molar-refractivity contribution is 0.151. The average Bonchev–Trinajstić information content (AvgIpc) is 2.79. The van der Waals surface area contributed by atoms with Gasteiger partial charge in [-0.3, -0.25) is 0 Å². The van der Waals surface area contributed by atoms with Crippen LogP contribution in [0.4, 0.5) is 0 Å². The number of oxime groups is 1. The van der Waals surface area contributed by atoms with Gasteiger partial charge in [0.1, 0.15) is 6.61 Å². The summed E-state index contributed by atoms with van der Waals surface area (Å²) in [5.41, 5.74) is 1.29. The summed E-state index contributed by atoms with van der Waals surface area (Å²) in [5.74, 6) is 1.18. The molecule has 3 heteroatoms. The van der Waals surface area contributed by atoms with Crippen molar-refractivity contribution in [2.75, 3.05) is 6.61 Å². The predicted molar refractivity (Wildman–Crippen MR) is 53.2 cm³/mol. The molecule has 2 nitrogen and oxygen atoms in total. The lowest BCUT2D eigenvalue weighted by Gasteiger charge is -2.05. The van der Waals surface area contributed by atoms with Crippen molar-refractivity contribution in [1.29, 1.82) is 0 Å².